The molecule has 7 nitrogen and oxygen atoms in total. The van der Waals surface area contributed by atoms with Crippen molar-refractivity contribution in [2.75, 3.05) is 12.3 Å². The Labute approximate surface area is 109 Å². The number of hydrogen-bond donors (Lipinski definition) is 1. The van der Waals surface area contributed by atoms with Crippen LogP contribution in [0.2, 0.25) is 5.32 Å². The molecule has 1 aliphatic rings. The van der Waals surface area contributed by atoms with Gasteiger partial charge in [0.1, 0.15) is 0 Å². The minimum atomic E-state index is -0.427. The number of rotatable bonds is 3. The van der Waals surface area contributed by atoms with Crippen LogP contribution >= 0.6 is 0 Å². The molecule has 2 N–H and O–H groups in total. The van der Waals surface area contributed by atoms with E-state index in [4.69, 9.17) is 15.2 Å². The van der Waals surface area contributed by atoms with Gasteiger partial charge in [-0.25, -0.2) is 0 Å². The SMILES string of the molecule is CC(=O)OC[C@@H]1O[C@H](n2ccc(N)nc2=O)C[Se]1. The van der Waals surface area contributed by atoms with E-state index in [1.807, 2.05) is 0 Å². The number of esters is 1. The molecule has 2 heterocycles. The van der Waals surface area contributed by atoms with Crippen molar-refractivity contribution in [1.29, 1.82) is 0 Å². The molecule has 98 valence electrons. The summed E-state index contributed by atoms with van der Waals surface area (Å²) in [5.74, 6) is -0.139. The number of anilines is 1. The maximum absolute atomic E-state index is 11.6. The Morgan fingerprint density at radius 2 is 2.56 bits per heavy atom. The van der Waals surface area contributed by atoms with Gasteiger partial charge in [-0.15, -0.1) is 0 Å². The Kier molecular flexibility index (Phi) is 4.00. The van der Waals surface area contributed by atoms with Crippen LogP contribution in [0.25, 0.3) is 0 Å². The number of carbonyl (C=O) groups excluding carboxylic acids is 1. The van der Waals surface area contributed by atoms with Crippen LogP contribution in [0, 0.1) is 0 Å². The Bertz CT molecular complexity index is 504. The third-order valence-corrected chi connectivity index (χ3v) is 4.62. The molecule has 2 atom stereocenters. The molecule has 1 saturated heterocycles. The fourth-order valence-electron chi connectivity index (χ4n) is 1.51. The molecule has 0 unspecified atom stereocenters. The normalized spacial score (nSPS) is 22.9. The molecule has 0 amide bonds. The van der Waals surface area contributed by atoms with Gasteiger partial charge < -0.3 is 0 Å². The van der Waals surface area contributed by atoms with Gasteiger partial charge in [0.15, 0.2) is 0 Å². The van der Waals surface area contributed by atoms with Gasteiger partial charge in [-0.1, -0.05) is 0 Å². The Hall–Kier alpha value is -1.37. The molecule has 1 fully saturated rings. The van der Waals surface area contributed by atoms with Crippen molar-refractivity contribution in [2.45, 2.75) is 23.5 Å². The van der Waals surface area contributed by atoms with Crippen molar-refractivity contribution in [2.24, 2.45) is 0 Å². The van der Waals surface area contributed by atoms with Crippen molar-refractivity contribution >= 4 is 26.7 Å². The summed E-state index contributed by atoms with van der Waals surface area (Å²) in [6, 6.07) is 1.55. The van der Waals surface area contributed by atoms with E-state index in [0.29, 0.717) is 0 Å². The van der Waals surface area contributed by atoms with E-state index in [1.54, 1.807) is 12.3 Å². The van der Waals surface area contributed by atoms with Crippen molar-refractivity contribution in [1.82, 2.24) is 9.55 Å². The van der Waals surface area contributed by atoms with Gasteiger partial charge in [-0.3, -0.25) is 0 Å². The number of nitrogen functional groups attached to an aromatic ring is 1. The zero-order valence-electron chi connectivity index (χ0n) is 9.74. The predicted molar refractivity (Wildman–Crippen MR) is 64.0 cm³/mol. The van der Waals surface area contributed by atoms with Crippen LogP contribution in [-0.2, 0) is 14.3 Å². The van der Waals surface area contributed by atoms with Crippen LogP contribution in [-0.4, -0.2) is 42.1 Å². The predicted octanol–water partition coefficient (Wildman–Crippen LogP) is -0.634. The summed E-state index contributed by atoms with van der Waals surface area (Å²) in [7, 11) is 0. The third kappa shape index (κ3) is 3.10. The molecule has 1 aliphatic heterocycles. The monoisotopic (exact) mass is 319 g/mol. The van der Waals surface area contributed by atoms with Crippen molar-refractivity contribution in [3.63, 3.8) is 0 Å². The second kappa shape index (κ2) is 5.51. The third-order valence-electron chi connectivity index (χ3n) is 2.32. The molecular formula is C10H13N3O4Se. The maximum atomic E-state index is 11.6. The number of nitrogens with two attached hydrogens (primary N) is 1. The van der Waals surface area contributed by atoms with E-state index in [1.165, 1.54) is 11.5 Å². The Balaban J connectivity index is 2.00. The summed E-state index contributed by atoms with van der Waals surface area (Å²) in [4.78, 5) is 26.0. The summed E-state index contributed by atoms with van der Waals surface area (Å²) in [5.41, 5.74) is 4.99. The minimum absolute atomic E-state index is 0.115. The topological polar surface area (TPSA) is 96.4 Å². The van der Waals surface area contributed by atoms with Gasteiger partial charge in [-0.2, -0.15) is 0 Å². The summed E-state index contributed by atoms with van der Waals surface area (Å²) in [6.07, 6.45) is 1.23. The first kappa shape index (κ1) is 13.1. The first-order chi connectivity index (χ1) is 8.56. The van der Waals surface area contributed by atoms with E-state index in [2.05, 4.69) is 4.98 Å². The van der Waals surface area contributed by atoms with Crippen molar-refractivity contribution in [3.8, 4) is 0 Å². The van der Waals surface area contributed by atoms with Gasteiger partial charge in [-0.05, 0) is 0 Å². The van der Waals surface area contributed by atoms with Gasteiger partial charge in [0.05, 0.1) is 0 Å². The zero-order chi connectivity index (χ0) is 13.1. The molecule has 8 heteroatoms. The first-order valence-electron chi connectivity index (χ1n) is 5.31. The molecule has 2 rings (SSSR count). The summed E-state index contributed by atoms with van der Waals surface area (Å²) in [5, 5.41) is 0.626. The van der Waals surface area contributed by atoms with Gasteiger partial charge >= 0.3 is 109 Å². The molecule has 1 aromatic heterocycles. The molecule has 18 heavy (non-hydrogen) atoms. The molecule has 0 bridgehead atoms. The molecule has 0 radical (unpaired) electrons. The summed E-state index contributed by atoms with van der Waals surface area (Å²) < 4.78 is 11.9. The number of aromatic nitrogens is 2. The average molecular weight is 318 g/mol. The fourth-order valence-corrected chi connectivity index (χ4v) is 3.58. The second-order valence-electron chi connectivity index (χ2n) is 3.70. The van der Waals surface area contributed by atoms with E-state index in [-0.39, 0.29) is 44.6 Å². The van der Waals surface area contributed by atoms with Crippen LogP contribution in [0.4, 0.5) is 5.82 Å². The number of carbonyl (C=O) groups is 1. The summed E-state index contributed by atoms with van der Waals surface area (Å²) >= 11 is 0.168. The van der Waals surface area contributed by atoms with Gasteiger partial charge in [0.25, 0.3) is 0 Å². The molecule has 0 spiro atoms. The van der Waals surface area contributed by atoms with Gasteiger partial charge in [0, 0.05) is 0 Å². The number of hydrogen-bond acceptors (Lipinski definition) is 6. The average Bonchev–Trinajstić information content (AvgIpc) is 2.75. The molecule has 0 aliphatic carbocycles. The fraction of sp³-hybridized carbons (Fsp3) is 0.500. The standard InChI is InChI=1S/C10H13N3O4Se/c1-6(14)16-4-9-17-8(5-18-9)13-3-2-7(11)12-10(13)15/h2-3,8-9H,4-5H2,1H3,(H2,11,12,15)/t8-,9+/m0/s1. The number of nitrogens with zero attached hydrogens (tertiary/aromatic N) is 2. The molecule has 0 aromatic carbocycles. The number of ether oxygens (including phenoxy) is 2. The van der Waals surface area contributed by atoms with Gasteiger partial charge in [0.2, 0.25) is 0 Å². The van der Waals surface area contributed by atoms with E-state index < -0.39 is 5.69 Å². The van der Waals surface area contributed by atoms with Crippen LogP contribution in [0.1, 0.15) is 13.2 Å². The summed E-state index contributed by atoms with van der Waals surface area (Å²) in [6.45, 7) is 1.59. The van der Waals surface area contributed by atoms with E-state index >= 15 is 0 Å². The Morgan fingerprint density at radius 1 is 1.78 bits per heavy atom. The molecule has 0 saturated carbocycles. The Morgan fingerprint density at radius 3 is 3.22 bits per heavy atom. The van der Waals surface area contributed by atoms with E-state index in [0.717, 1.165) is 5.32 Å². The second-order valence-corrected chi connectivity index (χ2v) is 6.20. The van der Waals surface area contributed by atoms with Crippen LogP contribution in [0.15, 0.2) is 17.1 Å². The first-order valence-corrected chi connectivity index (χ1v) is 7.51. The van der Waals surface area contributed by atoms with E-state index in [9.17, 15) is 9.59 Å². The van der Waals surface area contributed by atoms with Crippen LogP contribution in [0.5, 0.6) is 0 Å². The van der Waals surface area contributed by atoms with Crippen LogP contribution < -0.4 is 11.4 Å². The molecular weight excluding hydrogens is 305 g/mol. The zero-order valence-corrected chi connectivity index (χ0v) is 11.4. The van der Waals surface area contributed by atoms with Crippen molar-refractivity contribution in [3.05, 3.63) is 22.7 Å². The van der Waals surface area contributed by atoms with Crippen molar-refractivity contribution < 1.29 is 14.3 Å². The van der Waals surface area contributed by atoms with Crippen LogP contribution in [0.3, 0.4) is 0 Å². The quantitative estimate of drug-likeness (QED) is 0.588. The molecule has 1 aromatic rings.